The lowest BCUT2D eigenvalue weighted by Crippen LogP contribution is -2.53. The number of benzene rings is 1. The summed E-state index contributed by atoms with van der Waals surface area (Å²) < 4.78 is 32.8. The second kappa shape index (κ2) is 8.59. The predicted octanol–water partition coefficient (Wildman–Crippen LogP) is 2.93. The standard InChI is InChI=1S/C20H24F2N4O3/c1-4-11(2)16(19(27)29-3)25-20(28)26-8-7-15-17(24-10-23-15)18(26)13-6-5-12(21)9-14(13)22/h5-6,9-11,16,18H,4,7-8H2,1-3H3,(H,23,24)(H,25,28)/t11-,16-,18+/m0/s1. The van der Waals surface area contributed by atoms with E-state index in [2.05, 4.69) is 15.3 Å². The van der Waals surface area contributed by atoms with Crippen LogP contribution in [-0.2, 0) is 16.0 Å². The van der Waals surface area contributed by atoms with Crippen LogP contribution >= 0.6 is 0 Å². The Kier molecular flexibility index (Phi) is 6.14. The fraction of sp³-hybridized carbons (Fsp3) is 0.450. The Morgan fingerprint density at radius 2 is 2.17 bits per heavy atom. The Balaban J connectivity index is 1.96. The number of halogens is 2. The van der Waals surface area contributed by atoms with Gasteiger partial charge in [-0.05, 0) is 12.0 Å². The Bertz CT molecular complexity index is 902. The van der Waals surface area contributed by atoms with Crippen LogP contribution in [0.3, 0.4) is 0 Å². The molecule has 3 rings (SSSR count). The fourth-order valence-corrected chi connectivity index (χ4v) is 3.55. The van der Waals surface area contributed by atoms with Crippen molar-refractivity contribution < 1.29 is 23.1 Å². The molecule has 9 heteroatoms. The SMILES string of the molecule is CC[C@H](C)[C@H](NC(=O)N1CCc2[nH]cnc2[C@H]1c1ccc(F)cc1F)C(=O)OC. The highest BCUT2D eigenvalue weighted by Gasteiger charge is 2.38. The molecule has 0 bridgehead atoms. The first kappa shape index (κ1) is 20.8. The molecular weight excluding hydrogens is 382 g/mol. The number of imidazole rings is 1. The van der Waals surface area contributed by atoms with Gasteiger partial charge in [0.2, 0.25) is 0 Å². The molecule has 1 aromatic carbocycles. The number of amides is 2. The summed E-state index contributed by atoms with van der Waals surface area (Å²) in [7, 11) is 1.26. The highest BCUT2D eigenvalue weighted by Crippen LogP contribution is 2.35. The van der Waals surface area contributed by atoms with Crippen molar-refractivity contribution in [2.24, 2.45) is 5.92 Å². The third kappa shape index (κ3) is 4.08. The number of rotatable bonds is 5. The van der Waals surface area contributed by atoms with E-state index in [1.54, 1.807) is 0 Å². The van der Waals surface area contributed by atoms with Crippen molar-refractivity contribution in [2.45, 2.75) is 38.8 Å². The summed E-state index contributed by atoms with van der Waals surface area (Å²) in [6.07, 6.45) is 2.63. The van der Waals surface area contributed by atoms with E-state index in [4.69, 9.17) is 4.74 Å². The van der Waals surface area contributed by atoms with Crippen molar-refractivity contribution >= 4 is 12.0 Å². The normalized spacial score (nSPS) is 18.0. The molecule has 1 aliphatic rings. The number of urea groups is 1. The molecule has 2 aromatic rings. The van der Waals surface area contributed by atoms with Gasteiger partial charge in [-0.2, -0.15) is 0 Å². The predicted molar refractivity (Wildman–Crippen MR) is 101 cm³/mol. The van der Waals surface area contributed by atoms with Crippen molar-refractivity contribution in [1.29, 1.82) is 0 Å². The molecule has 3 atom stereocenters. The Morgan fingerprint density at radius 3 is 2.83 bits per heavy atom. The number of esters is 1. The summed E-state index contributed by atoms with van der Waals surface area (Å²) in [6.45, 7) is 4.01. The van der Waals surface area contributed by atoms with E-state index in [0.29, 0.717) is 18.5 Å². The molecule has 156 valence electrons. The molecule has 2 N–H and O–H groups in total. The maximum atomic E-state index is 14.6. The highest BCUT2D eigenvalue weighted by atomic mass is 19.1. The largest absolute Gasteiger partial charge is 0.467 e. The molecule has 1 aliphatic heterocycles. The van der Waals surface area contributed by atoms with Gasteiger partial charge >= 0.3 is 12.0 Å². The van der Waals surface area contributed by atoms with Gasteiger partial charge < -0.3 is 19.9 Å². The van der Waals surface area contributed by atoms with Crippen LogP contribution in [-0.4, -0.2) is 46.6 Å². The third-order valence-corrected chi connectivity index (χ3v) is 5.39. The number of nitrogens with one attached hydrogen (secondary N) is 2. The van der Waals surface area contributed by atoms with Crippen LogP contribution in [0.15, 0.2) is 24.5 Å². The molecule has 0 saturated heterocycles. The van der Waals surface area contributed by atoms with Crippen LogP contribution in [0.2, 0.25) is 0 Å². The van der Waals surface area contributed by atoms with Gasteiger partial charge in [0, 0.05) is 30.3 Å². The minimum Gasteiger partial charge on any atom is -0.467 e. The van der Waals surface area contributed by atoms with E-state index in [0.717, 1.165) is 17.8 Å². The average molecular weight is 406 g/mol. The number of fused-ring (bicyclic) bond motifs is 1. The molecule has 0 fully saturated rings. The van der Waals surface area contributed by atoms with Crippen LogP contribution in [0.4, 0.5) is 13.6 Å². The number of aromatic amines is 1. The summed E-state index contributed by atoms with van der Waals surface area (Å²) in [6, 6.07) is 1.01. The molecule has 2 amide bonds. The van der Waals surface area contributed by atoms with E-state index in [-0.39, 0.29) is 18.0 Å². The quantitative estimate of drug-likeness (QED) is 0.748. The molecule has 0 radical (unpaired) electrons. The van der Waals surface area contributed by atoms with E-state index < -0.39 is 35.7 Å². The summed E-state index contributed by atoms with van der Waals surface area (Å²) in [4.78, 5) is 34.0. The minimum atomic E-state index is -0.846. The van der Waals surface area contributed by atoms with E-state index >= 15 is 0 Å². The number of carbonyl (C=O) groups excluding carboxylic acids is 2. The lowest BCUT2D eigenvalue weighted by molar-refractivity contribution is -0.144. The van der Waals surface area contributed by atoms with Crippen LogP contribution < -0.4 is 5.32 Å². The van der Waals surface area contributed by atoms with Gasteiger partial charge in [-0.15, -0.1) is 0 Å². The summed E-state index contributed by atoms with van der Waals surface area (Å²) in [5.74, 6) is -2.18. The Hall–Kier alpha value is -2.97. The molecule has 29 heavy (non-hydrogen) atoms. The van der Waals surface area contributed by atoms with Crippen molar-refractivity contribution in [2.75, 3.05) is 13.7 Å². The van der Waals surface area contributed by atoms with Crippen molar-refractivity contribution in [3.8, 4) is 0 Å². The first-order chi connectivity index (χ1) is 13.9. The molecular formula is C20H24F2N4O3. The van der Waals surface area contributed by atoms with Gasteiger partial charge in [0.05, 0.1) is 19.1 Å². The number of hydrogen-bond donors (Lipinski definition) is 2. The monoisotopic (exact) mass is 406 g/mol. The summed E-state index contributed by atoms with van der Waals surface area (Å²) >= 11 is 0. The number of carbonyl (C=O) groups is 2. The van der Waals surface area contributed by atoms with Crippen LogP contribution in [0.25, 0.3) is 0 Å². The maximum Gasteiger partial charge on any atom is 0.328 e. The second-order valence-corrected chi connectivity index (χ2v) is 7.11. The molecule has 7 nitrogen and oxygen atoms in total. The summed E-state index contributed by atoms with van der Waals surface area (Å²) in [5.41, 5.74) is 1.41. The van der Waals surface area contributed by atoms with Crippen molar-refractivity contribution in [3.05, 3.63) is 53.1 Å². The highest BCUT2D eigenvalue weighted by molar-refractivity contribution is 5.84. The van der Waals surface area contributed by atoms with Gasteiger partial charge in [0.25, 0.3) is 0 Å². The molecule has 0 spiro atoms. The van der Waals surface area contributed by atoms with Gasteiger partial charge in [0.1, 0.15) is 23.7 Å². The van der Waals surface area contributed by atoms with E-state index in [1.807, 2.05) is 13.8 Å². The lowest BCUT2D eigenvalue weighted by atomic mass is 9.95. The van der Waals surface area contributed by atoms with Gasteiger partial charge in [0.15, 0.2) is 0 Å². The number of aromatic nitrogens is 2. The number of hydrogen-bond acceptors (Lipinski definition) is 4. The van der Waals surface area contributed by atoms with Crippen LogP contribution in [0.1, 0.15) is 43.3 Å². The second-order valence-electron chi connectivity index (χ2n) is 7.11. The fourth-order valence-electron chi connectivity index (χ4n) is 3.55. The molecule has 0 saturated carbocycles. The van der Waals surface area contributed by atoms with E-state index in [9.17, 15) is 18.4 Å². The molecule has 0 aliphatic carbocycles. The first-order valence-corrected chi connectivity index (χ1v) is 9.49. The van der Waals surface area contributed by atoms with Crippen molar-refractivity contribution in [1.82, 2.24) is 20.2 Å². The van der Waals surface area contributed by atoms with Crippen molar-refractivity contribution in [3.63, 3.8) is 0 Å². The number of nitrogens with zero attached hydrogens (tertiary/aromatic N) is 2. The smallest absolute Gasteiger partial charge is 0.328 e. The Morgan fingerprint density at radius 1 is 1.41 bits per heavy atom. The van der Waals surface area contributed by atoms with Gasteiger partial charge in [-0.1, -0.05) is 26.3 Å². The molecule has 2 heterocycles. The number of ether oxygens (including phenoxy) is 1. The minimum absolute atomic E-state index is 0.132. The molecule has 1 aromatic heterocycles. The van der Waals surface area contributed by atoms with Gasteiger partial charge in [-0.3, -0.25) is 0 Å². The lowest BCUT2D eigenvalue weighted by Gasteiger charge is -2.36. The topological polar surface area (TPSA) is 87.3 Å². The maximum absolute atomic E-state index is 14.6. The van der Waals surface area contributed by atoms with Crippen LogP contribution in [0, 0.1) is 17.6 Å². The zero-order chi connectivity index (χ0) is 21.1. The number of methoxy groups -OCH3 is 1. The zero-order valence-electron chi connectivity index (χ0n) is 16.5. The Labute approximate surface area is 167 Å². The van der Waals surface area contributed by atoms with E-state index in [1.165, 1.54) is 24.4 Å². The van der Waals surface area contributed by atoms with Gasteiger partial charge in [-0.25, -0.2) is 23.4 Å². The summed E-state index contributed by atoms with van der Waals surface area (Å²) in [5, 5.41) is 2.72. The third-order valence-electron chi connectivity index (χ3n) is 5.39. The first-order valence-electron chi connectivity index (χ1n) is 9.49. The zero-order valence-corrected chi connectivity index (χ0v) is 16.5. The number of H-pyrrole nitrogens is 1. The van der Waals surface area contributed by atoms with Crippen LogP contribution in [0.5, 0.6) is 0 Å². The molecule has 0 unspecified atom stereocenters. The average Bonchev–Trinajstić information content (AvgIpc) is 3.19.